The number of thiazole rings is 1. The Bertz CT molecular complexity index is 537. The number of rotatable bonds is 4. The van der Waals surface area contributed by atoms with Gasteiger partial charge in [0.15, 0.2) is 5.13 Å². The lowest BCUT2D eigenvalue weighted by Gasteiger charge is -2.04. The fourth-order valence-electron chi connectivity index (χ4n) is 1.28. The molecular weight excluding hydrogens is 248 g/mol. The molecule has 2 aromatic rings. The van der Waals surface area contributed by atoms with Gasteiger partial charge in [0.05, 0.1) is 5.69 Å². The Balaban J connectivity index is 1.84. The summed E-state index contributed by atoms with van der Waals surface area (Å²) in [5.74, 6) is 0. The molecule has 1 aromatic heterocycles. The van der Waals surface area contributed by atoms with Crippen LogP contribution in [0, 0.1) is 0 Å². The van der Waals surface area contributed by atoms with Crippen molar-refractivity contribution in [1.29, 1.82) is 0 Å². The lowest BCUT2D eigenvalue weighted by molar-refractivity contribution is 0.155. The van der Waals surface area contributed by atoms with Gasteiger partial charge in [0.2, 0.25) is 0 Å². The minimum atomic E-state index is -0.510. The van der Waals surface area contributed by atoms with E-state index in [9.17, 15) is 4.79 Å². The zero-order valence-electron chi connectivity index (χ0n) is 9.63. The highest BCUT2D eigenvalue weighted by Crippen LogP contribution is 2.16. The number of amides is 1. The molecule has 0 bridgehead atoms. The van der Waals surface area contributed by atoms with E-state index < -0.39 is 6.09 Å². The number of nitrogens with zero attached hydrogens (tertiary/aromatic N) is 1. The van der Waals surface area contributed by atoms with Crippen LogP contribution in [0.3, 0.4) is 0 Å². The number of anilines is 1. The third kappa shape index (κ3) is 3.43. The predicted octanol–water partition coefficient (Wildman–Crippen LogP) is 3.53. The smallest absolute Gasteiger partial charge is 0.413 e. The maximum absolute atomic E-state index is 11.5. The predicted molar refractivity (Wildman–Crippen MR) is 72.5 cm³/mol. The van der Waals surface area contributed by atoms with Crippen molar-refractivity contribution in [3.05, 3.63) is 53.5 Å². The molecule has 5 heteroatoms. The average Bonchev–Trinajstić information content (AvgIpc) is 2.85. The van der Waals surface area contributed by atoms with Gasteiger partial charge in [-0.25, -0.2) is 9.78 Å². The second-order valence-corrected chi connectivity index (χ2v) is 4.33. The maximum Gasteiger partial charge on any atom is 0.413 e. The molecule has 0 saturated carbocycles. The number of hydrogen-bond acceptors (Lipinski definition) is 4. The van der Waals surface area contributed by atoms with Crippen molar-refractivity contribution in [2.75, 3.05) is 5.32 Å². The van der Waals surface area contributed by atoms with E-state index in [0.29, 0.717) is 5.13 Å². The quantitative estimate of drug-likeness (QED) is 0.914. The fraction of sp³-hybridized carbons (Fsp3) is 0.0769. The molecule has 0 aliphatic heterocycles. The summed E-state index contributed by atoms with van der Waals surface area (Å²) in [6.45, 7) is 3.84. The third-order valence-electron chi connectivity index (χ3n) is 2.15. The molecule has 0 aliphatic carbocycles. The molecule has 18 heavy (non-hydrogen) atoms. The van der Waals surface area contributed by atoms with E-state index in [4.69, 9.17) is 4.74 Å². The Labute approximate surface area is 109 Å². The normalized spacial score (nSPS) is 9.78. The van der Waals surface area contributed by atoms with Crippen LogP contribution in [0.1, 0.15) is 11.3 Å². The maximum atomic E-state index is 11.5. The van der Waals surface area contributed by atoms with Gasteiger partial charge >= 0.3 is 6.09 Å². The summed E-state index contributed by atoms with van der Waals surface area (Å²) in [4.78, 5) is 15.6. The number of nitrogens with one attached hydrogen (secondary N) is 1. The highest BCUT2D eigenvalue weighted by Gasteiger charge is 2.06. The van der Waals surface area contributed by atoms with Gasteiger partial charge in [-0.1, -0.05) is 36.9 Å². The van der Waals surface area contributed by atoms with Gasteiger partial charge in [0.1, 0.15) is 6.61 Å². The zero-order chi connectivity index (χ0) is 12.8. The van der Waals surface area contributed by atoms with Gasteiger partial charge < -0.3 is 4.74 Å². The number of aromatic nitrogens is 1. The fourth-order valence-corrected chi connectivity index (χ4v) is 1.97. The highest BCUT2D eigenvalue weighted by molar-refractivity contribution is 7.14. The van der Waals surface area contributed by atoms with Crippen molar-refractivity contribution >= 4 is 28.6 Å². The van der Waals surface area contributed by atoms with Gasteiger partial charge in [-0.05, 0) is 11.6 Å². The zero-order valence-corrected chi connectivity index (χ0v) is 10.4. The molecule has 0 aliphatic rings. The lowest BCUT2D eigenvalue weighted by Crippen LogP contribution is -2.13. The molecule has 0 spiro atoms. The first-order valence-electron chi connectivity index (χ1n) is 5.33. The summed E-state index contributed by atoms with van der Waals surface area (Å²) in [6.07, 6.45) is 1.11. The van der Waals surface area contributed by atoms with Crippen LogP contribution in [0.25, 0.3) is 6.08 Å². The number of carbonyl (C=O) groups is 1. The summed E-state index contributed by atoms with van der Waals surface area (Å²) in [5.41, 5.74) is 1.68. The summed E-state index contributed by atoms with van der Waals surface area (Å²) in [7, 11) is 0. The van der Waals surface area contributed by atoms with Crippen LogP contribution in [0.4, 0.5) is 9.93 Å². The molecule has 0 unspecified atom stereocenters. The minimum Gasteiger partial charge on any atom is -0.444 e. The van der Waals surface area contributed by atoms with Crippen LogP contribution in [-0.2, 0) is 11.3 Å². The summed E-state index contributed by atoms with van der Waals surface area (Å²) in [5, 5.41) is 4.87. The number of ether oxygens (including phenoxy) is 1. The summed E-state index contributed by atoms with van der Waals surface area (Å²) in [6, 6.07) is 9.50. The first kappa shape index (κ1) is 12.3. The van der Waals surface area contributed by atoms with Gasteiger partial charge in [0, 0.05) is 5.38 Å². The molecule has 4 nitrogen and oxygen atoms in total. The van der Waals surface area contributed by atoms with Crippen molar-refractivity contribution < 1.29 is 9.53 Å². The van der Waals surface area contributed by atoms with Crippen LogP contribution in [0.2, 0.25) is 0 Å². The molecule has 0 radical (unpaired) electrons. The van der Waals surface area contributed by atoms with Crippen molar-refractivity contribution in [2.45, 2.75) is 6.61 Å². The first-order chi connectivity index (χ1) is 8.78. The van der Waals surface area contributed by atoms with E-state index >= 15 is 0 Å². The van der Waals surface area contributed by atoms with E-state index in [1.54, 1.807) is 11.5 Å². The van der Waals surface area contributed by atoms with Crippen molar-refractivity contribution in [3.63, 3.8) is 0 Å². The van der Waals surface area contributed by atoms with E-state index in [-0.39, 0.29) is 6.61 Å². The van der Waals surface area contributed by atoms with Crippen LogP contribution in [0.5, 0.6) is 0 Å². The highest BCUT2D eigenvalue weighted by atomic mass is 32.1. The SMILES string of the molecule is C=Cc1csc(NC(=O)OCc2ccccc2)n1. The molecule has 92 valence electrons. The van der Waals surface area contributed by atoms with Crippen LogP contribution >= 0.6 is 11.3 Å². The van der Waals surface area contributed by atoms with Crippen LogP contribution in [0.15, 0.2) is 42.3 Å². The van der Waals surface area contributed by atoms with Crippen molar-refractivity contribution in [1.82, 2.24) is 4.98 Å². The van der Waals surface area contributed by atoms with Crippen molar-refractivity contribution in [2.24, 2.45) is 0 Å². The Morgan fingerprint density at radius 2 is 2.22 bits per heavy atom. The molecule has 1 amide bonds. The molecular formula is C13H12N2O2S. The third-order valence-corrected chi connectivity index (χ3v) is 2.93. The number of hydrogen-bond donors (Lipinski definition) is 1. The van der Waals surface area contributed by atoms with Crippen LogP contribution < -0.4 is 5.32 Å². The van der Waals surface area contributed by atoms with E-state index in [1.165, 1.54) is 11.3 Å². The number of benzene rings is 1. The Morgan fingerprint density at radius 3 is 2.89 bits per heavy atom. The summed E-state index contributed by atoms with van der Waals surface area (Å²) >= 11 is 1.33. The molecule has 1 heterocycles. The largest absolute Gasteiger partial charge is 0.444 e. The average molecular weight is 260 g/mol. The molecule has 1 N–H and O–H groups in total. The molecule has 0 fully saturated rings. The lowest BCUT2D eigenvalue weighted by atomic mass is 10.2. The molecule has 2 rings (SSSR count). The topological polar surface area (TPSA) is 51.2 Å². The Hall–Kier alpha value is -2.14. The first-order valence-corrected chi connectivity index (χ1v) is 6.21. The standard InChI is InChI=1S/C13H12N2O2S/c1-2-11-9-18-12(14-11)15-13(16)17-8-10-6-4-3-5-7-10/h2-7,9H,1,8H2,(H,14,15,16). The Morgan fingerprint density at radius 1 is 1.44 bits per heavy atom. The van der Waals surface area contributed by atoms with Gasteiger partial charge in [-0.15, -0.1) is 11.3 Å². The van der Waals surface area contributed by atoms with Crippen LogP contribution in [-0.4, -0.2) is 11.1 Å². The van der Waals surface area contributed by atoms with Gasteiger partial charge in [-0.2, -0.15) is 0 Å². The van der Waals surface area contributed by atoms with Gasteiger partial charge in [-0.3, -0.25) is 5.32 Å². The van der Waals surface area contributed by atoms with E-state index in [1.807, 2.05) is 30.3 Å². The van der Waals surface area contributed by atoms with E-state index in [0.717, 1.165) is 11.3 Å². The summed E-state index contributed by atoms with van der Waals surface area (Å²) < 4.78 is 5.07. The van der Waals surface area contributed by atoms with Gasteiger partial charge in [0.25, 0.3) is 0 Å². The van der Waals surface area contributed by atoms with E-state index in [2.05, 4.69) is 16.9 Å². The molecule has 1 aromatic carbocycles. The monoisotopic (exact) mass is 260 g/mol. The second-order valence-electron chi connectivity index (χ2n) is 3.47. The second kappa shape index (κ2) is 5.97. The number of carbonyl (C=O) groups excluding carboxylic acids is 1. The molecule has 0 saturated heterocycles. The minimum absolute atomic E-state index is 0.242. The Kier molecular flexibility index (Phi) is 4.09. The molecule has 0 atom stereocenters. The van der Waals surface area contributed by atoms with Crippen molar-refractivity contribution in [3.8, 4) is 0 Å².